The van der Waals surface area contributed by atoms with Crippen LogP contribution in [0.1, 0.15) is 60.9 Å². The van der Waals surface area contributed by atoms with Crippen molar-refractivity contribution >= 4 is 11.8 Å². The highest BCUT2D eigenvalue weighted by Crippen LogP contribution is 2.29. The molecule has 0 bridgehead atoms. The normalized spacial score (nSPS) is 19.7. The Balaban J connectivity index is 1.48. The average molecular weight is 382 g/mol. The van der Waals surface area contributed by atoms with Crippen molar-refractivity contribution in [2.45, 2.75) is 57.2 Å². The summed E-state index contributed by atoms with van der Waals surface area (Å²) in [6.07, 6.45) is 2.34. The third kappa shape index (κ3) is 5.02. The molecule has 0 unspecified atom stereocenters. The summed E-state index contributed by atoms with van der Waals surface area (Å²) >= 11 is 0. The minimum atomic E-state index is -4.41. The van der Waals surface area contributed by atoms with Crippen LogP contribution in [0.3, 0.4) is 0 Å². The number of halogens is 3. The number of nitrogens with one attached hydrogen (secondary N) is 1. The second kappa shape index (κ2) is 8.31. The number of amides is 2. The molecule has 1 aromatic carbocycles. The van der Waals surface area contributed by atoms with Gasteiger partial charge in [-0.15, -0.1) is 0 Å². The average Bonchev–Trinajstić information content (AvgIpc) is 2.68. The molecule has 0 atom stereocenters. The first-order chi connectivity index (χ1) is 12.8. The van der Waals surface area contributed by atoms with E-state index in [9.17, 15) is 22.8 Å². The number of alkyl halides is 3. The zero-order valence-corrected chi connectivity index (χ0v) is 15.2. The lowest BCUT2D eigenvalue weighted by atomic mass is 9.87. The largest absolute Gasteiger partial charge is 0.416 e. The summed E-state index contributed by atoms with van der Waals surface area (Å²) in [7, 11) is 0. The van der Waals surface area contributed by atoms with Gasteiger partial charge in [0.2, 0.25) is 5.91 Å². The highest BCUT2D eigenvalue weighted by atomic mass is 19.4. The number of hydrogen-bond donors (Lipinski definition) is 1. The van der Waals surface area contributed by atoms with Crippen LogP contribution in [0, 0.1) is 5.92 Å². The topological polar surface area (TPSA) is 49.4 Å². The molecule has 7 heteroatoms. The minimum absolute atomic E-state index is 0.0600. The molecule has 0 aromatic heterocycles. The van der Waals surface area contributed by atoms with E-state index in [1.807, 2.05) is 4.90 Å². The lowest BCUT2D eigenvalue weighted by Gasteiger charge is -2.35. The van der Waals surface area contributed by atoms with Crippen LogP contribution >= 0.6 is 0 Å². The zero-order valence-electron chi connectivity index (χ0n) is 15.2. The molecule has 0 radical (unpaired) electrons. The summed E-state index contributed by atoms with van der Waals surface area (Å²) in [6.45, 7) is 1.24. The van der Waals surface area contributed by atoms with Crippen LogP contribution in [0.4, 0.5) is 13.2 Å². The van der Waals surface area contributed by atoms with E-state index in [2.05, 4.69) is 5.32 Å². The van der Waals surface area contributed by atoms with E-state index in [-0.39, 0.29) is 29.3 Å². The van der Waals surface area contributed by atoms with E-state index in [1.54, 1.807) is 0 Å². The van der Waals surface area contributed by atoms with Gasteiger partial charge in [-0.25, -0.2) is 0 Å². The Morgan fingerprint density at radius 2 is 1.52 bits per heavy atom. The van der Waals surface area contributed by atoms with E-state index in [0.717, 1.165) is 37.8 Å². The summed E-state index contributed by atoms with van der Waals surface area (Å²) in [5.41, 5.74) is -0.558. The van der Waals surface area contributed by atoms with Crippen LogP contribution in [0.25, 0.3) is 0 Å². The molecule has 1 N–H and O–H groups in total. The Morgan fingerprint density at radius 3 is 2.07 bits per heavy atom. The highest BCUT2D eigenvalue weighted by Gasteiger charge is 2.31. The predicted molar refractivity (Wildman–Crippen MR) is 95.1 cm³/mol. The van der Waals surface area contributed by atoms with E-state index >= 15 is 0 Å². The van der Waals surface area contributed by atoms with E-state index < -0.39 is 11.7 Å². The van der Waals surface area contributed by atoms with Crippen LogP contribution in [0.5, 0.6) is 0 Å². The van der Waals surface area contributed by atoms with Gasteiger partial charge >= 0.3 is 6.18 Å². The number of piperidine rings is 1. The Hall–Kier alpha value is -2.05. The van der Waals surface area contributed by atoms with Gasteiger partial charge in [0.05, 0.1) is 5.56 Å². The number of benzene rings is 1. The van der Waals surface area contributed by atoms with Gasteiger partial charge < -0.3 is 10.2 Å². The molecule has 1 heterocycles. The van der Waals surface area contributed by atoms with E-state index in [4.69, 9.17) is 0 Å². The van der Waals surface area contributed by atoms with Crippen molar-refractivity contribution in [3.63, 3.8) is 0 Å². The fraction of sp³-hybridized carbons (Fsp3) is 0.600. The van der Waals surface area contributed by atoms with Crippen LogP contribution < -0.4 is 5.32 Å². The lowest BCUT2D eigenvalue weighted by Crippen LogP contribution is -2.48. The van der Waals surface area contributed by atoms with Gasteiger partial charge in [-0.05, 0) is 49.9 Å². The summed E-state index contributed by atoms with van der Waals surface area (Å²) in [5, 5.41) is 2.87. The van der Waals surface area contributed by atoms with Gasteiger partial charge in [0.1, 0.15) is 0 Å². The number of hydrogen-bond acceptors (Lipinski definition) is 2. The second-order valence-electron chi connectivity index (χ2n) is 7.48. The molecule has 1 aliphatic heterocycles. The number of carbonyl (C=O) groups excluding carboxylic acids is 2. The summed E-state index contributed by atoms with van der Waals surface area (Å²) < 4.78 is 37.8. The Morgan fingerprint density at radius 1 is 0.926 bits per heavy atom. The Kier molecular flexibility index (Phi) is 6.07. The number of likely N-dealkylation sites (tertiary alicyclic amines) is 1. The fourth-order valence-electron chi connectivity index (χ4n) is 3.93. The standard InChI is InChI=1S/C20H25F3N2O2/c21-20(22,23)16-8-6-14(7-9-16)18(26)24-17-10-12-25(13-11-17)19(27)15-4-2-1-3-5-15/h6-9,15,17H,1-5,10-13H2,(H,24,26). The summed E-state index contributed by atoms with van der Waals surface area (Å²) in [4.78, 5) is 26.7. The van der Waals surface area contributed by atoms with E-state index in [0.29, 0.717) is 25.9 Å². The van der Waals surface area contributed by atoms with Crippen LogP contribution in [-0.2, 0) is 11.0 Å². The van der Waals surface area contributed by atoms with Crippen molar-refractivity contribution in [1.82, 2.24) is 10.2 Å². The van der Waals surface area contributed by atoms with Crippen molar-refractivity contribution < 1.29 is 22.8 Å². The lowest BCUT2D eigenvalue weighted by molar-refractivity contribution is -0.138. The molecule has 2 amide bonds. The van der Waals surface area contributed by atoms with Crippen LogP contribution in [-0.4, -0.2) is 35.8 Å². The monoisotopic (exact) mass is 382 g/mol. The number of carbonyl (C=O) groups is 2. The molecule has 3 rings (SSSR count). The molecular weight excluding hydrogens is 357 g/mol. The van der Waals surface area contributed by atoms with Gasteiger partial charge in [-0.1, -0.05) is 19.3 Å². The van der Waals surface area contributed by atoms with Gasteiger partial charge in [0.25, 0.3) is 5.91 Å². The van der Waals surface area contributed by atoms with Crippen molar-refractivity contribution in [3.05, 3.63) is 35.4 Å². The molecule has 1 aliphatic carbocycles. The molecular formula is C20H25F3N2O2. The van der Waals surface area contributed by atoms with Gasteiger partial charge in [-0.2, -0.15) is 13.2 Å². The first-order valence-corrected chi connectivity index (χ1v) is 9.61. The summed E-state index contributed by atoms with van der Waals surface area (Å²) in [5.74, 6) is 0.0139. The molecule has 148 valence electrons. The molecule has 0 spiro atoms. The SMILES string of the molecule is O=C(NC1CCN(C(=O)C2CCCCC2)CC1)c1ccc(C(F)(F)F)cc1. The third-order valence-corrected chi connectivity index (χ3v) is 5.57. The second-order valence-corrected chi connectivity index (χ2v) is 7.48. The van der Waals surface area contributed by atoms with Gasteiger partial charge in [0.15, 0.2) is 0 Å². The molecule has 4 nitrogen and oxygen atoms in total. The number of nitrogens with zero attached hydrogens (tertiary/aromatic N) is 1. The van der Waals surface area contributed by atoms with Crippen LogP contribution in [0.2, 0.25) is 0 Å². The van der Waals surface area contributed by atoms with Crippen molar-refractivity contribution in [2.75, 3.05) is 13.1 Å². The van der Waals surface area contributed by atoms with Crippen molar-refractivity contribution in [3.8, 4) is 0 Å². The minimum Gasteiger partial charge on any atom is -0.349 e. The maximum Gasteiger partial charge on any atom is 0.416 e. The van der Waals surface area contributed by atoms with Gasteiger partial charge in [0, 0.05) is 30.6 Å². The smallest absolute Gasteiger partial charge is 0.349 e. The third-order valence-electron chi connectivity index (χ3n) is 5.57. The molecule has 1 saturated heterocycles. The van der Waals surface area contributed by atoms with Crippen molar-refractivity contribution in [1.29, 1.82) is 0 Å². The highest BCUT2D eigenvalue weighted by molar-refractivity contribution is 5.94. The van der Waals surface area contributed by atoms with Crippen LogP contribution in [0.15, 0.2) is 24.3 Å². The quantitative estimate of drug-likeness (QED) is 0.859. The molecule has 1 saturated carbocycles. The number of rotatable bonds is 3. The fourth-order valence-corrected chi connectivity index (χ4v) is 3.93. The van der Waals surface area contributed by atoms with Gasteiger partial charge in [-0.3, -0.25) is 9.59 Å². The molecule has 27 heavy (non-hydrogen) atoms. The predicted octanol–water partition coefficient (Wildman–Crippen LogP) is 4.01. The maximum absolute atomic E-state index is 12.6. The van der Waals surface area contributed by atoms with E-state index in [1.165, 1.54) is 18.6 Å². The summed E-state index contributed by atoms with van der Waals surface area (Å²) in [6, 6.07) is 4.16. The van der Waals surface area contributed by atoms with Crippen molar-refractivity contribution in [2.24, 2.45) is 5.92 Å². The first kappa shape index (κ1) is 19.7. The molecule has 2 fully saturated rings. The Labute approximate surface area is 157 Å². The first-order valence-electron chi connectivity index (χ1n) is 9.61. The molecule has 2 aliphatic rings. The molecule has 1 aromatic rings. The zero-order chi connectivity index (χ0) is 19.4. The Bertz CT molecular complexity index is 659. The maximum atomic E-state index is 12.6.